The maximum Gasteiger partial charge on any atom is 0.326 e. The van der Waals surface area contributed by atoms with Gasteiger partial charge in [0.2, 0.25) is 0 Å². The fourth-order valence-corrected chi connectivity index (χ4v) is 1.49. The zero-order valence-electron chi connectivity index (χ0n) is 12.1. The lowest BCUT2D eigenvalue weighted by molar-refractivity contribution is -0.140. The highest BCUT2D eigenvalue weighted by Crippen LogP contribution is 2.09. The summed E-state index contributed by atoms with van der Waals surface area (Å²) >= 11 is 0. The van der Waals surface area contributed by atoms with E-state index in [9.17, 15) is 9.59 Å². The number of amides is 1. The average molecular weight is 284 g/mol. The number of carboxylic acid groups (broad SMARTS) is 1. The lowest BCUT2D eigenvalue weighted by atomic mass is 10.1. The van der Waals surface area contributed by atoms with Gasteiger partial charge in [-0.1, -0.05) is 0 Å². The lowest BCUT2D eigenvalue weighted by Gasteiger charge is -2.21. The summed E-state index contributed by atoms with van der Waals surface area (Å²) in [5, 5.41) is 11.5. The van der Waals surface area contributed by atoms with Crippen molar-refractivity contribution >= 4 is 11.9 Å². The van der Waals surface area contributed by atoms with Crippen molar-refractivity contribution < 1.29 is 23.8 Å². The first-order valence-corrected chi connectivity index (χ1v) is 6.28. The fraction of sp³-hybridized carbons (Fsp3) is 0.615. The van der Waals surface area contributed by atoms with Gasteiger partial charge in [0.15, 0.2) is 12.1 Å². The molecule has 7 nitrogen and oxygen atoms in total. The molecule has 1 atom stereocenters. The van der Waals surface area contributed by atoms with E-state index < -0.39 is 17.9 Å². The minimum Gasteiger partial charge on any atom is -0.480 e. The topological polar surface area (TPSA) is 102 Å². The second-order valence-corrected chi connectivity index (χ2v) is 5.37. The van der Waals surface area contributed by atoms with Gasteiger partial charge in [0.25, 0.3) is 5.91 Å². The molecule has 1 heterocycles. The predicted octanol–water partition coefficient (Wildman–Crippen LogP) is 1.37. The molecule has 0 spiro atoms. The Morgan fingerprint density at radius 3 is 2.60 bits per heavy atom. The molecule has 112 valence electrons. The Morgan fingerprint density at radius 1 is 1.50 bits per heavy atom. The van der Waals surface area contributed by atoms with Crippen LogP contribution in [0.2, 0.25) is 0 Å². The van der Waals surface area contributed by atoms with Gasteiger partial charge >= 0.3 is 5.97 Å². The Hall–Kier alpha value is -1.89. The van der Waals surface area contributed by atoms with E-state index in [-0.39, 0.29) is 24.3 Å². The van der Waals surface area contributed by atoms with E-state index in [4.69, 9.17) is 14.3 Å². The third kappa shape index (κ3) is 5.00. The molecule has 1 aromatic heterocycles. The molecule has 7 heteroatoms. The molecular weight excluding hydrogens is 264 g/mol. The van der Waals surface area contributed by atoms with Crippen LogP contribution in [0.25, 0.3) is 0 Å². The molecule has 0 aliphatic carbocycles. The fourth-order valence-electron chi connectivity index (χ4n) is 1.49. The van der Waals surface area contributed by atoms with Crippen LogP contribution in [0.5, 0.6) is 0 Å². The largest absolute Gasteiger partial charge is 0.480 e. The molecule has 1 unspecified atom stereocenters. The number of carboxylic acids is 1. The number of aliphatic carboxylic acids is 1. The maximum atomic E-state index is 11.9. The Labute approximate surface area is 117 Å². The van der Waals surface area contributed by atoms with E-state index in [1.807, 2.05) is 20.8 Å². The average Bonchev–Trinajstić information content (AvgIpc) is 2.72. The number of hydrogen-bond acceptors (Lipinski definition) is 5. The second kappa shape index (κ2) is 6.51. The Kier molecular flexibility index (Phi) is 5.26. The summed E-state index contributed by atoms with van der Waals surface area (Å²) in [4.78, 5) is 26.7. The number of aromatic nitrogens is 1. The third-order valence-electron chi connectivity index (χ3n) is 2.50. The van der Waals surface area contributed by atoms with E-state index in [2.05, 4.69) is 10.3 Å². The molecule has 0 bridgehead atoms. The number of carbonyl (C=O) groups excluding carboxylic acids is 1. The SMILES string of the molecule is Cc1ocnc1C(=O)NC(CCOC(C)(C)C)C(=O)O. The highest BCUT2D eigenvalue weighted by molar-refractivity contribution is 5.95. The van der Waals surface area contributed by atoms with Crippen LogP contribution in [0.3, 0.4) is 0 Å². The van der Waals surface area contributed by atoms with E-state index >= 15 is 0 Å². The number of ether oxygens (including phenoxy) is 1. The standard InChI is InChI=1S/C13H20N2O5/c1-8-10(14-7-19-8)11(16)15-9(12(17)18)5-6-20-13(2,3)4/h7,9H,5-6H2,1-4H3,(H,15,16)(H,17,18). The van der Waals surface area contributed by atoms with Crippen LogP contribution in [0.4, 0.5) is 0 Å². The van der Waals surface area contributed by atoms with Crippen molar-refractivity contribution in [3.63, 3.8) is 0 Å². The molecule has 1 aromatic rings. The van der Waals surface area contributed by atoms with Gasteiger partial charge in [0, 0.05) is 13.0 Å². The van der Waals surface area contributed by atoms with Crippen LogP contribution in [0.1, 0.15) is 43.4 Å². The summed E-state index contributed by atoms with van der Waals surface area (Å²) in [7, 11) is 0. The van der Waals surface area contributed by atoms with Crippen LogP contribution in [-0.2, 0) is 9.53 Å². The first kappa shape index (κ1) is 16.2. The molecule has 0 saturated carbocycles. The monoisotopic (exact) mass is 284 g/mol. The van der Waals surface area contributed by atoms with Gasteiger partial charge in [-0.2, -0.15) is 0 Å². The Morgan fingerprint density at radius 2 is 2.15 bits per heavy atom. The molecule has 1 rings (SSSR count). The summed E-state index contributed by atoms with van der Waals surface area (Å²) in [6.45, 7) is 7.44. The number of rotatable bonds is 6. The normalized spacial score (nSPS) is 13.0. The van der Waals surface area contributed by atoms with Crippen molar-refractivity contribution in [3.8, 4) is 0 Å². The summed E-state index contributed by atoms with van der Waals surface area (Å²) in [5.74, 6) is -1.34. The quantitative estimate of drug-likeness (QED) is 0.818. The van der Waals surface area contributed by atoms with E-state index in [0.29, 0.717) is 5.76 Å². The summed E-state index contributed by atoms with van der Waals surface area (Å²) in [5.41, 5.74) is -0.261. The third-order valence-corrected chi connectivity index (χ3v) is 2.50. The predicted molar refractivity (Wildman–Crippen MR) is 70.5 cm³/mol. The van der Waals surface area contributed by atoms with Gasteiger partial charge in [-0.05, 0) is 27.7 Å². The minimum absolute atomic E-state index is 0.0907. The lowest BCUT2D eigenvalue weighted by Crippen LogP contribution is -2.42. The number of carbonyl (C=O) groups is 2. The van der Waals surface area contributed by atoms with Crippen molar-refractivity contribution in [1.29, 1.82) is 0 Å². The number of oxazole rings is 1. The van der Waals surface area contributed by atoms with Gasteiger partial charge in [-0.25, -0.2) is 9.78 Å². The van der Waals surface area contributed by atoms with Crippen molar-refractivity contribution in [3.05, 3.63) is 17.8 Å². The highest BCUT2D eigenvalue weighted by Gasteiger charge is 2.23. The molecular formula is C13H20N2O5. The van der Waals surface area contributed by atoms with Gasteiger partial charge < -0.3 is 19.6 Å². The van der Waals surface area contributed by atoms with Crippen LogP contribution in [0.15, 0.2) is 10.8 Å². The zero-order valence-corrected chi connectivity index (χ0v) is 12.1. The molecule has 2 N–H and O–H groups in total. The molecule has 20 heavy (non-hydrogen) atoms. The molecule has 1 amide bonds. The van der Waals surface area contributed by atoms with Crippen molar-refractivity contribution in [2.24, 2.45) is 0 Å². The number of nitrogens with one attached hydrogen (secondary N) is 1. The summed E-state index contributed by atoms with van der Waals surface area (Å²) in [6, 6.07) is -1.03. The Balaban J connectivity index is 2.58. The molecule has 0 aliphatic rings. The van der Waals surface area contributed by atoms with Crippen LogP contribution in [0, 0.1) is 6.92 Å². The number of hydrogen-bond donors (Lipinski definition) is 2. The van der Waals surface area contributed by atoms with Gasteiger partial charge in [0.1, 0.15) is 11.8 Å². The van der Waals surface area contributed by atoms with Crippen LogP contribution < -0.4 is 5.32 Å². The molecule has 0 fully saturated rings. The van der Waals surface area contributed by atoms with E-state index in [1.165, 1.54) is 0 Å². The number of aryl methyl sites for hydroxylation is 1. The first-order chi connectivity index (χ1) is 9.20. The summed E-state index contributed by atoms with van der Waals surface area (Å²) in [6.07, 6.45) is 1.32. The van der Waals surface area contributed by atoms with Gasteiger partial charge in [-0.15, -0.1) is 0 Å². The van der Waals surface area contributed by atoms with Gasteiger partial charge in [-0.3, -0.25) is 4.79 Å². The second-order valence-electron chi connectivity index (χ2n) is 5.37. The van der Waals surface area contributed by atoms with Crippen molar-refractivity contribution in [1.82, 2.24) is 10.3 Å². The minimum atomic E-state index is -1.11. The zero-order chi connectivity index (χ0) is 15.3. The maximum absolute atomic E-state index is 11.9. The molecule has 0 aliphatic heterocycles. The molecule has 0 saturated heterocycles. The van der Waals surface area contributed by atoms with Crippen molar-refractivity contribution in [2.45, 2.75) is 45.8 Å². The van der Waals surface area contributed by atoms with E-state index in [0.717, 1.165) is 6.39 Å². The molecule has 0 aromatic carbocycles. The van der Waals surface area contributed by atoms with Gasteiger partial charge in [0.05, 0.1) is 5.60 Å². The van der Waals surface area contributed by atoms with E-state index in [1.54, 1.807) is 6.92 Å². The smallest absolute Gasteiger partial charge is 0.326 e. The van der Waals surface area contributed by atoms with Crippen LogP contribution in [-0.4, -0.2) is 40.2 Å². The summed E-state index contributed by atoms with van der Waals surface area (Å²) < 4.78 is 10.4. The van der Waals surface area contributed by atoms with Crippen LogP contribution >= 0.6 is 0 Å². The van der Waals surface area contributed by atoms with Crippen molar-refractivity contribution in [2.75, 3.05) is 6.61 Å². The number of nitrogens with zero attached hydrogens (tertiary/aromatic N) is 1. The Bertz CT molecular complexity index is 475. The highest BCUT2D eigenvalue weighted by atomic mass is 16.5. The first-order valence-electron chi connectivity index (χ1n) is 6.28. The molecule has 0 radical (unpaired) electrons.